The standard InChI is InChI=1S/C12H25NO/c1-3-4-5-9-14-10-8-13-11(2)12-6-7-12/h11-13H,3-10H2,1-2H3. The highest BCUT2D eigenvalue weighted by atomic mass is 16.5. The summed E-state index contributed by atoms with van der Waals surface area (Å²) in [6, 6.07) is 0.703. The average molecular weight is 199 g/mol. The first-order valence-corrected chi connectivity index (χ1v) is 6.15. The molecule has 1 aliphatic carbocycles. The van der Waals surface area contributed by atoms with Gasteiger partial charge in [0.1, 0.15) is 0 Å². The van der Waals surface area contributed by atoms with E-state index in [-0.39, 0.29) is 0 Å². The number of hydrogen-bond donors (Lipinski definition) is 1. The van der Waals surface area contributed by atoms with Gasteiger partial charge in [-0.25, -0.2) is 0 Å². The smallest absolute Gasteiger partial charge is 0.0590 e. The molecule has 0 spiro atoms. The summed E-state index contributed by atoms with van der Waals surface area (Å²) < 4.78 is 5.52. The summed E-state index contributed by atoms with van der Waals surface area (Å²) in [7, 11) is 0. The van der Waals surface area contributed by atoms with E-state index in [4.69, 9.17) is 4.74 Å². The Morgan fingerprint density at radius 1 is 1.29 bits per heavy atom. The van der Waals surface area contributed by atoms with Crippen molar-refractivity contribution in [3.05, 3.63) is 0 Å². The van der Waals surface area contributed by atoms with Crippen molar-refractivity contribution < 1.29 is 4.74 Å². The Morgan fingerprint density at radius 3 is 2.71 bits per heavy atom. The maximum Gasteiger partial charge on any atom is 0.0590 e. The van der Waals surface area contributed by atoms with Gasteiger partial charge in [0.05, 0.1) is 6.61 Å². The lowest BCUT2D eigenvalue weighted by atomic mass is 10.2. The highest BCUT2D eigenvalue weighted by molar-refractivity contribution is 4.82. The summed E-state index contributed by atoms with van der Waals surface area (Å²) in [5, 5.41) is 3.51. The molecule has 0 aliphatic heterocycles. The van der Waals surface area contributed by atoms with Gasteiger partial charge in [-0.15, -0.1) is 0 Å². The van der Waals surface area contributed by atoms with Crippen LogP contribution in [0.15, 0.2) is 0 Å². The molecule has 0 aromatic heterocycles. The second-order valence-electron chi connectivity index (χ2n) is 4.40. The summed E-state index contributed by atoms with van der Waals surface area (Å²) in [4.78, 5) is 0. The van der Waals surface area contributed by atoms with Crippen molar-refractivity contribution in [3.63, 3.8) is 0 Å². The predicted molar refractivity (Wildman–Crippen MR) is 60.5 cm³/mol. The lowest BCUT2D eigenvalue weighted by molar-refractivity contribution is 0.129. The van der Waals surface area contributed by atoms with Crippen molar-refractivity contribution in [1.82, 2.24) is 5.32 Å². The molecule has 0 heterocycles. The molecule has 2 nitrogen and oxygen atoms in total. The van der Waals surface area contributed by atoms with E-state index in [1.165, 1.54) is 32.1 Å². The van der Waals surface area contributed by atoms with Crippen molar-refractivity contribution in [2.45, 2.75) is 52.0 Å². The van der Waals surface area contributed by atoms with Gasteiger partial charge in [-0.2, -0.15) is 0 Å². The van der Waals surface area contributed by atoms with Gasteiger partial charge in [-0.3, -0.25) is 0 Å². The normalized spacial score (nSPS) is 18.4. The molecule has 1 fully saturated rings. The van der Waals surface area contributed by atoms with Gasteiger partial charge in [0.15, 0.2) is 0 Å². The first kappa shape index (κ1) is 12.0. The molecule has 1 saturated carbocycles. The zero-order valence-electron chi connectivity index (χ0n) is 9.72. The van der Waals surface area contributed by atoms with E-state index >= 15 is 0 Å². The van der Waals surface area contributed by atoms with Crippen molar-refractivity contribution in [2.24, 2.45) is 5.92 Å². The highest BCUT2D eigenvalue weighted by Gasteiger charge is 2.26. The van der Waals surface area contributed by atoms with Gasteiger partial charge in [0.25, 0.3) is 0 Å². The Hall–Kier alpha value is -0.0800. The van der Waals surface area contributed by atoms with E-state index in [9.17, 15) is 0 Å². The maximum absolute atomic E-state index is 5.52. The van der Waals surface area contributed by atoms with E-state index in [1.807, 2.05) is 0 Å². The average Bonchev–Trinajstić information content (AvgIpc) is 2.99. The SMILES string of the molecule is CCCCCOCCNC(C)C1CC1. The first-order valence-electron chi connectivity index (χ1n) is 6.15. The van der Waals surface area contributed by atoms with Gasteiger partial charge < -0.3 is 10.1 Å². The summed E-state index contributed by atoms with van der Waals surface area (Å²) in [5.74, 6) is 0.954. The van der Waals surface area contributed by atoms with Crippen LogP contribution in [0.25, 0.3) is 0 Å². The molecule has 0 saturated heterocycles. The number of unbranched alkanes of at least 4 members (excludes halogenated alkanes) is 2. The highest BCUT2D eigenvalue weighted by Crippen LogP contribution is 2.32. The third-order valence-electron chi connectivity index (χ3n) is 2.93. The minimum Gasteiger partial charge on any atom is -0.380 e. The van der Waals surface area contributed by atoms with Gasteiger partial charge in [0.2, 0.25) is 0 Å². The van der Waals surface area contributed by atoms with Crippen molar-refractivity contribution >= 4 is 0 Å². The quantitative estimate of drug-likeness (QED) is 0.576. The fourth-order valence-corrected chi connectivity index (χ4v) is 1.68. The maximum atomic E-state index is 5.52. The molecule has 0 aromatic carbocycles. The Labute approximate surface area is 88.4 Å². The molecule has 1 atom stereocenters. The molecule has 84 valence electrons. The van der Waals surface area contributed by atoms with Gasteiger partial charge >= 0.3 is 0 Å². The van der Waals surface area contributed by atoms with Gasteiger partial charge in [0, 0.05) is 19.2 Å². The Bertz CT molecular complexity index is 134. The second kappa shape index (κ2) is 7.24. The molecule has 2 heteroatoms. The Morgan fingerprint density at radius 2 is 2.07 bits per heavy atom. The van der Waals surface area contributed by atoms with Crippen LogP contribution in [-0.2, 0) is 4.74 Å². The zero-order valence-corrected chi connectivity index (χ0v) is 9.72. The van der Waals surface area contributed by atoms with Crippen LogP contribution in [0.5, 0.6) is 0 Å². The van der Waals surface area contributed by atoms with Crippen molar-refractivity contribution in [1.29, 1.82) is 0 Å². The number of hydrogen-bond acceptors (Lipinski definition) is 2. The lowest BCUT2D eigenvalue weighted by Crippen LogP contribution is -2.31. The summed E-state index contributed by atoms with van der Waals surface area (Å²) in [6.45, 7) is 7.34. The first-order chi connectivity index (χ1) is 6.84. The lowest BCUT2D eigenvalue weighted by Gasteiger charge is -2.12. The monoisotopic (exact) mass is 199 g/mol. The minimum absolute atomic E-state index is 0.703. The molecule has 1 aliphatic rings. The largest absolute Gasteiger partial charge is 0.380 e. The van der Waals surface area contributed by atoms with Crippen LogP contribution >= 0.6 is 0 Å². The van der Waals surface area contributed by atoms with Gasteiger partial charge in [-0.1, -0.05) is 19.8 Å². The van der Waals surface area contributed by atoms with Crippen LogP contribution < -0.4 is 5.32 Å². The summed E-state index contributed by atoms with van der Waals surface area (Å²) in [6.07, 6.45) is 6.64. The number of ether oxygens (including phenoxy) is 1. The van der Waals surface area contributed by atoms with E-state index in [0.717, 1.165) is 25.7 Å². The van der Waals surface area contributed by atoms with Crippen molar-refractivity contribution in [3.8, 4) is 0 Å². The second-order valence-corrected chi connectivity index (χ2v) is 4.40. The molecule has 1 unspecified atom stereocenters. The molecular formula is C12H25NO. The van der Waals surface area contributed by atoms with Crippen LogP contribution in [0.3, 0.4) is 0 Å². The third kappa shape index (κ3) is 5.61. The van der Waals surface area contributed by atoms with E-state index in [0.29, 0.717) is 6.04 Å². The van der Waals surface area contributed by atoms with Crippen LogP contribution in [0.1, 0.15) is 46.0 Å². The molecule has 0 amide bonds. The van der Waals surface area contributed by atoms with Crippen LogP contribution in [-0.4, -0.2) is 25.8 Å². The molecule has 14 heavy (non-hydrogen) atoms. The summed E-state index contributed by atoms with van der Waals surface area (Å²) in [5.41, 5.74) is 0. The fraction of sp³-hybridized carbons (Fsp3) is 1.00. The van der Waals surface area contributed by atoms with E-state index < -0.39 is 0 Å². The minimum atomic E-state index is 0.703. The zero-order chi connectivity index (χ0) is 10.2. The Balaban J connectivity index is 1.75. The van der Waals surface area contributed by atoms with Gasteiger partial charge in [-0.05, 0) is 32.1 Å². The van der Waals surface area contributed by atoms with Crippen LogP contribution in [0, 0.1) is 5.92 Å². The topological polar surface area (TPSA) is 21.3 Å². The molecule has 0 bridgehead atoms. The van der Waals surface area contributed by atoms with Crippen LogP contribution in [0.4, 0.5) is 0 Å². The predicted octanol–water partition coefficient (Wildman–Crippen LogP) is 2.58. The van der Waals surface area contributed by atoms with Crippen LogP contribution in [0.2, 0.25) is 0 Å². The molecule has 0 radical (unpaired) electrons. The van der Waals surface area contributed by atoms with Crippen molar-refractivity contribution in [2.75, 3.05) is 19.8 Å². The van der Waals surface area contributed by atoms with E-state index in [1.54, 1.807) is 0 Å². The molecule has 0 aromatic rings. The third-order valence-corrected chi connectivity index (χ3v) is 2.93. The molecule has 1 N–H and O–H groups in total. The van der Waals surface area contributed by atoms with E-state index in [2.05, 4.69) is 19.2 Å². The Kier molecular flexibility index (Phi) is 6.20. The number of rotatable bonds is 9. The molecule has 1 rings (SSSR count). The molecular weight excluding hydrogens is 174 g/mol. The summed E-state index contributed by atoms with van der Waals surface area (Å²) >= 11 is 0. The fourth-order valence-electron chi connectivity index (χ4n) is 1.68. The number of nitrogens with one attached hydrogen (secondary N) is 1.